The normalized spacial score (nSPS) is 16.8. The van der Waals surface area contributed by atoms with E-state index >= 15 is 0 Å². The molecule has 2 aliphatic rings. The van der Waals surface area contributed by atoms with Gasteiger partial charge in [-0.3, -0.25) is 14.7 Å². The summed E-state index contributed by atoms with van der Waals surface area (Å²) in [5, 5.41) is 8.96. The molecule has 0 aliphatic carbocycles. The van der Waals surface area contributed by atoms with E-state index in [-0.39, 0.29) is 11.9 Å². The van der Waals surface area contributed by atoms with Crippen molar-refractivity contribution in [3.63, 3.8) is 0 Å². The number of nitrogens with zero attached hydrogens (tertiary/aromatic N) is 5. The van der Waals surface area contributed by atoms with Crippen LogP contribution in [0.1, 0.15) is 53.7 Å². The molecule has 0 spiro atoms. The van der Waals surface area contributed by atoms with Crippen molar-refractivity contribution in [1.29, 1.82) is 0 Å². The maximum atomic E-state index is 13.3. The monoisotopic (exact) mass is 601 g/mol. The maximum Gasteiger partial charge on any atom is 0.268 e. The summed E-state index contributed by atoms with van der Waals surface area (Å²) in [6.07, 6.45) is 9.64. The van der Waals surface area contributed by atoms with Gasteiger partial charge in [0.05, 0.1) is 11.2 Å². The lowest BCUT2D eigenvalue weighted by atomic mass is 10.1. The number of carbonyl (C=O) groups excluding carboxylic acids is 1. The highest BCUT2D eigenvalue weighted by molar-refractivity contribution is 6.00. The molecule has 2 N–H and O–H groups in total. The number of aryl methyl sites for hydroxylation is 1. The minimum Gasteiger partial charge on any atom is -0.380 e. The zero-order valence-electron chi connectivity index (χ0n) is 26.4. The molecule has 8 nitrogen and oxygen atoms in total. The molecule has 7 rings (SSSR count). The van der Waals surface area contributed by atoms with Gasteiger partial charge in [0.15, 0.2) is 0 Å². The summed E-state index contributed by atoms with van der Waals surface area (Å²) in [6, 6.07) is 21.6. The second kappa shape index (κ2) is 13.0. The van der Waals surface area contributed by atoms with E-state index < -0.39 is 0 Å². The Morgan fingerprint density at radius 3 is 2.47 bits per heavy atom. The Balaban J connectivity index is 1.10. The van der Waals surface area contributed by atoms with Gasteiger partial charge in [0.1, 0.15) is 5.69 Å². The number of anilines is 1. The minimum absolute atomic E-state index is 0.00727. The first-order chi connectivity index (χ1) is 22.0. The van der Waals surface area contributed by atoms with E-state index in [1.165, 1.54) is 43.5 Å². The van der Waals surface area contributed by atoms with Crippen LogP contribution in [0.3, 0.4) is 0 Å². The number of pyridine rings is 2. The quantitative estimate of drug-likeness (QED) is 0.220. The summed E-state index contributed by atoms with van der Waals surface area (Å²) >= 11 is 0. The summed E-state index contributed by atoms with van der Waals surface area (Å²) in [4.78, 5) is 27.5. The highest BCUT2D eigenvalue weighted by Gasteiger charge is 2.21. The van der Waals surface area contributed by atoms with Crippen LogP contribution in [0.25, 0.3) is 33.1 Å². The Labute approximate surface area is 265 Å². The largest absolute Gasteiger partial charge is 0.380 e. The second-order valence-electron chi connectivity index (χ2n) is 12.9. The molecule has 0 bridgehead atoms. The molecule has 232 valence electrons. The number of hydrogen-bond donors (Lipinski definition) is 2. The first-order valence-corrected chi connectivity index (χ1v) is 16.4. The molecular formula is C37H43N7O. The topological polar surface area (TPSA) is 78.3 Å². The average Bonchev–Trinajstić information content (AvgIpc) is 3.41. The van der Waals surface area contributed by atoms with E-state index in [0.717, 1.165) is 71.2 Å². The molecular weight excluding hydrogens is 558 g/mol. The van der Waals surface area contributed by atoms with Crippen molar-refractivity contribution < 1.29 is 4.79 Å². The van der Waals surface area contributed by atoms with Gasteiger partial charge in [-0.1, -0.05) is 36.8 Å². The maximum absolute atomic E-state index is 13.3. The summed E-state index contributed by atoms with van der Waals surface area (Å²) in [5.74, 6) is -0.00727. The van der Waals surface area contributed by atoms with Crippen LogP contribution in [-0.4, -0.2) is 69.5 Å². The molecule has 1 amide bonds. The Kier molecular flexibility index (Phi) is 8.50. The summed E-state index contributed by atoms with van der Waals surface area (Å²) in [7, 11) is 4.10. The van der Waals surface area contributed by atoms with Crippen molar-refractivity contribution in [2.75, 3.05) is 38.5 Å². The average molecular weight is 602 g/mol. The van der Waals surface area contributed by atoms with Crippen molar-refractivity contribution in [3.05, 3.63) is 89.9 Å². The number of piperidine rings is 2. The van der Waals surface area contributed by atoms with Crippen LogP contribution in [0, 0.1) is 0 Å². The predicted molar refractivity (Wildman–Crippen MR) is 182 cm³/mol. The highest BCUT2D eigenvalue weighted by atomic mass is 16.2. The minimum atomic E-state index is -0.00727. The molecule has 2 fully saturated rings. The van der Waals surface area contributed by atoms with Gasteiger partial charge in [-0.05, 0) is 100 Å². The number of aromatic nitrogens is 3. The van der Waals surface area contributed by atoms with E-state index in [0.29, 0.717) is 12.2 Å². The molecule has 2 aliphatic heterocycles. The van der Waals surface area contributed by atoms with Crippen LogP contribution < -0.4 is 10.6 Å². The van der Waals surface area contributed by atoms with Gasteiger partial charge in [0.25, 0.3) is 5.91 Å². The van der Waals surface area contributed by atoms with E-state index in [1.54, 1.807) is 6.20 Å². The van der Waals surface area contributed by atoms with Crippen molar-refractivity contribution in [3.8, 4) is 11.3 Å². The zero-order valence-corrected chi connectivity index (χ0v) is 26.4. The third-order valence-corrected chi connectivity index (χ3v) is 9.60. The van der Waals surface area contributed by atoms with Crippen LogP contribution in [-0.2, 0) is 20.1 Å². The highest BCUT2D eigenvalue weighted by Crippen LogP contribution is 2.31. The fraction of sp³-hybridized carbons (Fsp3) is 0.378. The number of benzene rings is 2. The molecule has 0 radical (unpaired) electrons. The summed E-state index contributed by atoms with van der Waals surface area (Å²) < 4.78 is 1.99. The van der Waals surface area contributed by atoms with Gasteiger partial charge in [0.2, 0.25) is 0 Å². The number of carbonyl (C=O) groups is 1. The lowest BCUT2D eigenvalue weighted by molar-refractivity contribution is 0.0909. The lowest BCUT2D eigenvalue weighted by Gasteiger charge is -2.29. The number of fused-ring (bicyclic) bond motifs is 2. The van der Waals surface area contributed by atoms with Crippen LogP contribution >= 0.6 is 0 Å². The van der Waals surface area contributed by atoms with Gasteiger partial charge in [-0.15, -0.1) is 0 Å². The van der Waals surface area contributed by atoms with Gasteiger partial charge >= 0.3 is 0 Å². The molecule has 8 heteroatoms. The fourth-order valence-corrected chi connectivity index (χ4v) is 6.84. The van der Waals surface area contributed by atoms with Crippen molar-refractivity contribution in [2.24, 2.45) is 7.05 Å². The van der Waals surface area contributed by atoms with Crippen LogP contribution in [0.4, 0.5) is 5.69 Å². The van der Waals surface area contributed by atoms with E-state index in [2.05, 4.69) is 81.0 Å². The molecule has 0 atom stereocenters. The predicted octanol–water partition coefficient (Wildman–Crippen LogP) is 6.21. The van der Waals surface area contributed by atoms with E-state index in [1.807, 2.05) is 29.9 Å². The molecule has 45 heavy (non-hydrogen) atoms. The number of hydrogen-bond acceptors (Lipinski definition) is 6. The Morgan fingerprint density at radius 2 is 1.67 bits per heavy atom. The molecule has 0 unspecified atom stereocenters. The molecule has 2 saturated heterocycles. The van der Waals surface area contributed by atoms with Crippen molar-refractivity contribution in [2.45, 2.75) is 51.2 Å². The van der Waals surface area contributed by atoms with Crippen LogP contribution in [0.2, 0.25) is 0 Å². The lowest BCUT2D eigenvalue weighted by Crippen LogP contribution is -2.43. The van der Waals surface area contributed by atoms with Crippen LogP contribution in [0.5, 0.6) is 0 Å². The Bertz CT molecular complexity index is 1800. The zero-order chi connectivity index (χ0) is 30.8. The Morgan fingerprint density at radius 1 is 0.889 bits per heavy atom. The molecule has 5 heterocycles. The van der Waals surface area contributed by atoms with Gasteiger partial charge in [0, 0.05) is 66.1 Å². The first-order valence-electron chi connectivity index (χ1n) is 16.4. The molecule has 2 aromatic carbocycles. The van der Waals surface area contributed by atoms with E-state index in [4.69, 9.17) is 4.98 Å². The molecule has 5 aromatic rings. The first kappa shape index (κ1) is 29.4. The number of amides is 1. The third kappa shape index (κ3) is 6.58. The van der Waals surface area contributed by atoms with Gasteiger partial charge in [-0.25, -0.2) is 4.98 Å². The summed E-state index contributed by atoms with van der Waals surface area (Å²) in [6.45, 7) is 6.20. The molecule has 0 saturated carbocycles. The van der Waals surface area contributed by atoms with E-state index in [9.17, 15) is 4.79 Å². The standard InChI is InChI=1S/C37H43N7O/c1-42-18-13-30(14-19-42)40-37(45)36-21-29-20-28(10-11-35(29)43(36)2)33-22-34(31-24-38-15-12-32(31)41-33)39-23-26-6-8-27(9-7-26)25-44-16-4-3-5-17-44/h6-12,15,20-22,24,30H,3-5,13-14,16-19,23,25H2,1-2H3,(H,39,41)(H,40,45). The Hall–Kier alpha value is -4.27. The number of nitrogens with one attached hydrogen (secondary N) is 2. The number of likely N-dealkylation sites (tertiary alicyclic amines) is 2. The van der Waals surface area contributed by atoms with Crippen molar-refractivity contribution in [1.82, 2.24) is 29.7 Å². The SMILES string of the molecule is CN1CCC(NC(=O)c2cc3cc(-c4cc(NCc5ccc(CN6CCCCC6)cc5)c5cnccc5n4)ccc3n2C)CC1. The second-order valence-corrected chi connectivity index (χ2v) is 12.9. The van der Waals surface area contributed by atoms with Crippen LogP contribution in [0.15, 0.2) is 73.1 Å². The summed E-state index contributed by atoms with van der Waals surface area (Å²) in [5.41, 5.74) is 8.13. The molecule has 3 aromatic heterocycles. The third-order valence-electron chi connectivity index (χ3n) is 9.60. The van der Waals surface area contributed by atoms with Crippen molar-refractivity contribution >= 4 is 33.4 Å². The number of rotatable bonds is 8. The van der Waals surface area contributed by atoms with Gasteiger partial charge < -0.3 is 20.1 Å². The smallest absolute Gasteiger partial charge is 0.268 e. The fourth-order valence-electron chi connectivity index (χ4n) is 6.84. The van der Waals surface area contributed by atoms with Gasteiger partial charge in [-0.2, -0.15) is 0 Å².